The number of fused-ring (bicyclic) bond motifs is 2. The van der Waals surface area contributed by atoms with E-state index in [4.69, 9.17) is 0 Å². The van der Waals surface area contributed by atoms with E-state index in [9.17, 15) is 4.79 Å². The van der Waals surface area contributed by atoms with Gasteiger partial charge in [-0.1, -0.05) is 36.4 Å². The highest BCUT2D eigenvalue weighted by atomic mass is 16.2. The van der Waals surface area contributed by atoms with E-state index < -0.39 is 0 Å². The number of carbonyl (C=O) groups excluding carboxylic acids is 1. The van der Waals surface area contributed by atoms with E-state index in [1.54, 1.807) is 0 Å². The molecule has 2 heterocycles. The Hall–Kier alpha value is -2.29. The van der Waals surface area contributed by atoms with Crippen LogP contribution in [0.3, 0.4) is 0 Å². The molecule has 3 heteroatoms. The third kappa shape index (κ3) is 2.00. The molecular formula is C19H20N2O. The van der Waals surface area contributed by atoms with E-state index >= 15 is 0 Å². The van der Waals surface area contributed by atoms with Gasteiger partial charge in [0.1, 0.15) is 6.04 Å². The summed E-state index contributed by atoms with van der Waals surface area (Å²) in [5.41, 5.74) is 4.94. The first kappa shape index (κ1) is 13.4. The maximum atomic E-state index is 13.0. The number of benzene rings is 2. The Bertz CT molecular complexity index is 725. The minimum Gasteiger partial charge on any atom is -0.359 e. The number of hydrogen-bond acceptors (Lipinski definition) is 2. The molecule has 0 saturated heterocycles. The minimum absolute atomic E-state index is 0.116. The van der Waals surface area contributed by atoms with Crippen LogP contribution in [-0.4, -0.2) is 25.0 Å². The molecule has 0 radical (unpaired) electrons. The number of hydrogen-bond donors (Lipinski definition) is 0. The topological polar surface area (TPSA) is 23.6 Å². The Balaban J connectivity index is 1.60. The van der Waals surface area contributed by atoms with Crippen molar-refractivity contribution in [1.29, 1.82) is 0 Å². The molecule has 1 amide bonds. The standard InChI is InChI=1S/C19H20N2O/c1-14(20-12-10-15-6-2-4-8-17(15)20)19(22)21-13-11-16-7-3-5-9-18(16)21/h2-9,14H,10-13H2,1H3. The molecule has 22 heavy (non-hydrogen) atoms. The van der Waals surface area contributed by atoms with Crippen LogP contribution in [0, 0.1) is 0 Å². The maximum Gasteiger partial charge on any atom is 0.249 e. The highest BCUT2D eigenvalue weighted by Gasteiger charge is 2.33. The number of carbonyl (C=O) groups is 1. The largest absolute Gasteiger partial charge is 0.359 e. The summed E-state index contributed by atoms with van der Waals surface area (Å²) < 4.78 is 0. The fourth-order valence-corrected chi connectivity index (χ4v) is 3.69. The average Bonchev–Trinajstić information content (AvgIpc) is 3.17. The summed E-state index contributed by atoms with van der Waals surface area (Å²) in [5.74, 6) is 0.210. The second kappa shape index (κ2) is 5.16. The fourth-order valence-electron chi connectivity index (χ4n) is 3.69. The first-order valence-electron chi connectivity index (χ1n) is 7.99. The van der Waals surface area contributed by atoms with E-state index in [-0.39, 0.29) is 11.9 Å². The summed E-state index contributed by atoms with van der Waals surface area (Å²) in [6.45, 7) is 3.77. The lowest BCUT2D eigenvalue weighted by atomic mass is 10.1. The van der Waals surface area contributed by atoms with Gasteiger partial charge in [-0.15, -0.1) is 0 Å². The molecule has 112 valence electrons. The highest BCUT2D eigenvalue weighted by molar-refractivity contribution is 6.00. The molecule has 0 spiro atoms. The first-order chi connectivity index (χ1) is 10.8. The molecule has 0 aromatic heterocycles. The van der Waals surface area contributed by atoms with E-state index in [0.717, 1.165) is 31.6 Å². The number of rotatable bonds is 2. The van der Waals surface area contributed by atoms with Crippen molar-refractivity contribution in [2.24, 2.45) is 0 Å². The van der Waals surface area contributed by atoms with Crippen molar-refractivity contribution in [3.05, 3.63) is 59.7 Å². The van der Waals surface area contributed by atoms with Crippen LogP contribution in [-0.2, 0) is 17.6 Å². The molecule has 4 rings (SSSR count). The van der Waals surface area contributed by atoms with Crippen molar-refractivity contribution >= 4 is 17.3 Å². The van der Waals surface area contributed by atoms with Gasteiger partial charge in [-0.25, -0.2) is 0 Å². The summed E-state index contributed by atoms with van der Waals surface area (Å²) in [6, 6.07) is 16.6. The van der Waals surface area contributed by atoms with Crippen LogP contribution in [0.1, 0.15) is 18.1 Å². The molecule has 0 saturated carbocycles. The first-order valence-corrected chi connectivity index (χ1v) is 7.99. The fraction of sp³-hybridized carbons (Fsp3) is 0.316. The average molecular weight is 292 g/mol. The van der Waals surface area contributed by atoms with Crippen LogP contribution in [0.15, 0.2) is 48.5 Å². The number of nitrogens with zero attached hydrogens (tertiary/aromatic N) is 2. The van der Waals surface area contributed by atoms with Crippen molar-refractivity contribution in [1.82, 2.24) is 0 Å². The Morgan fingerprint density at radius 2 is 1.50 bits per heavy atom. The molecule has 3 nitrogen and oxygen atoms in total. The molecular weight excluding hydrogens is 272 g/mol. The third-order valence-electron chi connectivity index (χ3n) is 4.90. The molecule has 0 fully saturated rings. The van der Waals surface area contributed by atoms with Crippen LogP contribution in [0.25, 0.3) is 0 Å². The molecule has 1 atom stereocenters. The molecule has 2 aromatic rings. The Morgan fingerprint density at radius 3 is 2.27 bits per heavy atom. The summed E-state index contributed by atoms with van der Waals surface area (Å²) in [4.78, 5) is 17.2. The van der Waals surface area contributed by atoms with E-state index in [0.29, 0.717) is 0 Å². The number of amides is 1. The third-order valence-corrected chi connectivity index (χ3v) is 4.90. The predicted molar refractivity (Wildman–Crippen MR) is 89.5 cm³/mol. The van der Waals surface area contributed by atoms with Gasteiger partial charge in [-0.05, 0) is 43.0 Å². The van der Waals surface area contributed by atoms with Gasteiger partial charge in [0, 0.05) is 24.5 Å². The Kier molecular flexibility index (Phi) is 3.14. The molecule has 0 bridgehead atoms. The molecule has 0 aliphatic carbocycles. The van der Waals surface area contributed by atoms with Crippen LogP contribution in [0.2, 0.25) is 0 Å². The number of anilines is 2. The quantitative estimate of drug-likeness (QED) is 0.849. The highest BCUT2D eigenvalue weighted by Crippen LogP contribution is 2.32. The van der Waals surface area contributed by atoms with E-state index in [1.807, 2.05) is 24.0 Å². The predicted octanol–water partition coefficient (Wildman–Crippen LogP) is 3.03. The summed E-state index contributed by atoms with van der Waals surface area (Å²) in [5, 5.41) is 0. The summed E-state index contributed by atoms with van der Waals surface area (Å²) in [7, 11) is 0. The SMILES string of the molecule is CC(C(=O)N1CCc2ccccc21)N1CCc2ccccc21. The van der Waals surface area contributed by atoms with Gasteiger partial charge < -0.3 is 9.80 Å². The van der Waals surface area contributed by atoms with E-state index in [2.05, 4.69) is 41.3 Å². The zero-order valence-corrected chi connectivity index (χ0v) is 12.8. The molecule has 2 aliphatic rings. The zero-order chi connectivity index (χ0) is 15.1. The van der Waals surface area contributed by atoms with Crippen molar-refractivity contribution in [2.75, 3.05) is 22.9 Å². The second-order valence-electron chi connectivity index (χ2n) is 6.12. The summed E-state index contributed by atoms with van der Waals surface area (Å²) >= 11 is 0. The van der Waals surface area contributed by atoms with Gasteiger partial charge in [0.15, 0.2) is 0 Å². The van der Waals surface area contributed by atoms with Crippen LogP contribution in [0.4, 0.5) is 11.4 Å². The minimum atomic E-state index is -0.116. The van der Waals surface area contributed by atoms with Crippen molar-refractivity contribution in [3.63, 3.8) is 0 Å². The molecule has 2 aromatic carbocycles. The molecule has 2 aliphatic heterocycles. The maximum absolute atomic E-state index is 13.0. The monoisotopic (exact) mass is 292 g/mol. The van der Waals surface area contributed by atoms with Gasteiger partial charge in [-0.3, -0.25) is 4.79 Å². The van der Waals surface area contributed by atoms with Gasteiger partial charge in [-0.2, -0.15) is 0 Å². The van der Waals surface area contributed by atoms with E-state index in [1.165, 1.54) is 16.8 Å². The van der Waals surface area contributed by atoms with Crippen molar-refractivity contribution in [3.8, 4) is 0 Å². The second-order valence-corrected chi connectivity index (χ2v) is 6.12. The van der Waals surface area contributed by atoms with Crippen molar-refractivity contribution < 1.29 is 4.79 Å². The lowest BCUT2D eigenvalue weighted by Crippen LogP contribution is -2.46. The van der Waals surface area contributed by atoms with Crippen LogP contribution in [0.5, 0.6) is 0 Å². The van der Waals surface area contributed by atoms with Crippen LogP contribution >= 0.6 is 0 Å². The van der Waals surface area contributed by atoms with Gasteiger partial charge in [0.2, 0.25) is 5.91 Å². The Labute approximate surface area is 131 Å². The smallest absolute Gasteiger partial charge is 0.249 e. The molecule has 1 unspecified atom stereocenters. The normalized spacial score (nSPS) is 17.3. The Morgan fingerprint density at radius 1 is 0.909 bits per heavy atom. The van der Waals surface area contributed by atoms with Gasteiger partial charge in [0.05, 0.1) is 0 Å². The number of para-hydroxylation sites is 2. The van der Waals surface area contributed by atoms with Crippen LogP contribution < -0.4 is 9.80 Å². The lowest BCUT2D eigenvalue weighted by molar-refractivity contribution is -0.119. The summed E-state index contributed by atoms with van der Waals surface area (Å²) in [6.07, 6.45) is 2.00. The zero-order valence-electron chi connectivity index (χ0n) is 12.8. The van der Waals surface area contributed by atoms with Gasteiger partial charge in [0.25, 0.3) is 0 Å². The van der Waals surface area contributed by atoms with Gasteiger partial charge >= 0.3 is 0 Å². The molecule has 0 N–H and O–H groups in total. The lowest BCUT2D eigenvalue weighted by Gasteiger charge is -2.30. The van der Waals surface area contributed by atoms with Crippen molar-refractivity contribution in [2.45, 2.75) is 25.8 Å².